The molecule has 1 aromatic carbocycles. The first-order chi connectivity index (χ1) is 13.9. The summed E-state index contributed by atoms with van der Waals surface area (Å²) in [5, 5.41) is 5.85. The quantitative estimate of drug-likeness (QED) is 0.443. The molecule has 0 aromatic heterocycles. The van der Waals surface area contributed by atoms with Crippen LogP contribution in [0.5, 0.6) is 0 Å². The number of allylic oxidation sites excluding steroid dienone is 1. The second-order valence-electron chi connectivity index (χ2n) is 7.87. The lowest BCUT2D eigenvalue weighted by molar-refractivity contribution is -0.127. The number of nitrogens with one attached hydrogen (secondary N) is 2. The standard InChI is InChI=1S/C23H27N3O3/c1-4-5-6-10-21(29)25-19-9-7-8-17-18(19)13-26(22(17)16(2)3)23(15-27)12-11-20(28)24-14-23/h1,7-9,15H,5-6,10-14H2,2-3H3,(H,24,28)(H,25,29). The van der Waals surface area contributed by atoms with Crippen LogP contribution in [0.4, 0.5) is 5.69 Å². The number of carbonyl (C=O) groups excluding carboxylic acids is 3. The summed E-state index contributed by atoms with van der Waals surface area (Å²) in [7, 11) is 0. The number of fused-ring (bicyclic) bond motifs is 1. The molecule has 3 rings (SSSR count). The number of unbranched alkanes of at least 4 members (excludes halogenated alkanes) is 1. The number of amides is 2. The second kappa shape index (κ2) is 8.52. The van der Waals surface area contributed by atoms with Crippen molar-refractivity contribution in [3.8, 4) is 12.3 Å². The first-order valence-corrected chi connectivity index (χ1v) is 9.95. The Balaban J connectivity index is 1.92. The fourth-order valence-corrected chi connectivity index (χ4v) is 4.11. The summed E-state index contributed by atoms with van der Waals surface area (Å²) in [6, 6.07) is 5.82. The second-order valence-corrected chi connectivity index (χ2v) is 7.87. The van der Waals surface area contributed by atoms with Crippen molar-refractivity contribution < 1.29 is 14.4 Å². The zero-order valence-electron chi connectivity index (χ0n) is 17.0. The van der Waals surface area contributed by atoms with Gasteiger partial charge in [0.05, 0.1) is 0 Å². The predicted octanol–water partition coefficient (Wildman–Crippen LogP) is 2.84. The molecule has 1 aromatic rings. The van der Waals surface area contributed by atoms with E-state index in [9.17, 15) is 14.4 Å². The number of carbonyl (C=O) groups is 3. The number of anilines is 1. The van der Waals surface area contributed by atoms with E-state index in [0.717, 1.165) is 34.4 Å². The molecule has 1 fully saturated rings. The Bertz CT molecular complexity index is 896. The molecule has 1 unspecified atom stereocenters. The van der Waals surface area contributed by atoms with Gasteiger partial charge >= 0.3 is 0 Å². The summed E-state index contributed by atoms with van der Waals surface area (Å²) in [5.41, 5.74) is 4.06. The highest BCUT2D eigenvalue weighted by Gasteiger charge is 2.45. The van der Waals surface area contributed by atoms with Crippen molar-refractivity contribution in [3.05, 3.63) is 34.9 Å². The number of hydrogen-bond donors (Lipinski definition) is 2. The fourth-order valence-electron chi connectivity index (χ4n) is 4.11. The molecule has 6 heteroatoms. The van der Waals surface area contributed by atoms with E-state index < -0.39 is 5.54 Å². The highest BCUT2D eigenvalue weighted by Crippen LogP contribution is 2.44. The van der Waals surface area contributed by atoms with Crippen molar-refractivity contribution in [1.82, 2.24) is 10.2 Å². The SMILES string of the molecule is C#CCCCC(=O)Nc1cccc2c1CN(C1(C=O)CCC(=O)NC1)C2=C(C)C. The molecule has 29 heavy (non-hydrogen) atoms. The maximum Gasteiger partial charge on any atom is 0.224 e. The molecule has 0 saturated carbocycles. The number of aldehydes is 1. The number of nitrogens with zero attached hydrogens (tertiary/aromatic N) is 1. The van der Waals surface area contributed by atoms with Crippen molar-refractivity contribution in [2.45, 2.75) is 58.0 Å². The lowest BCUT2D eigenvalue weighted by Crippen LogP contribution is -2.58. The van der Waals surface area contributed by atoms with Gasteiger partial charge in [-0.1, -0.05) is 17.7 Å². The van der Waals surface area contributed by atoms with E-state index in [-0.39, 0.29) is 18.4 Å². The molecule has 0 radical (unpaired) electrons. The molecule has 6 nitrogen and oxygen atoms in total. The Morgan fingerprint density at radius 3 is 2.83 bits per heavy atom. The summed E-state index contributed by atoms with van der Waals surface area (Å²) in [6.45, 7) is 4.82. The fraction of sp³-hybridized carbons (Fsp3) is 0.435. The summed E-state index contributed by atoms with van der Waals surface area (Å²) < 4.78 is 0. The van der Waals surface area contributed by atoms with E-state index in [1.807, 2.05) is 32.0 Å². The van der Waals surface area contributed by atoms with Crippen molar-refractivity contribution >= 4 is 29.5 Å². The Labute approximate surface area is 171 Å². The van der Waals surface area contributed by atoms with Gasteiger partial charge in [0, 0.05) is 54.9 Å². The molecule has 0 bridgehead atoms. The van der Waals surface area contributed by atoms with Gasteiger partial charge in [0.2, 0.25) is 11.8 Å². The Kier molecular flexibility index (Phi) is 6.07. The first kappa shape index (κ1) is 20.7. The molecular weight excluding hydrogens is 366 g/mol. The molecule has 2 amide bonds. The minimum absolute atomic E-state index is 0.0298. The molecule has 2 heterocycles. The molecule has 2 aliphatic rings. The topological polar surface area (TPSA) is 78.5 Å². The summed E-state index contributed by atoms with van der Waals surface area (Å²) >= 11 is 0. The van der Waals surface area contributed by atoms with Gasteiger partial charge in [-0.3, -0.25) is 9.59 Å². The van der Waals surface area contributed by atoms with Crippen LogP contribution in [0.25, 0.3) is 5.70 Å². The molecular formula is C23H27N3O3. The largest absolute Gasteiger partial charge is 0.353 e. The number of piperidine rings is 1. The van der Waals surface area contributed by atoms with E-state index in [2.05, 4.69) is 21.5 Å². The molecule has 0 aliphatic carbocycles. The van der Waals surface area contributed by atoms with Crippen molar-refractivity contribution in [3.63, 3.8) is 0 Å². The van der Waals surface area contributed by atoms with E-state index in [4.69, 9.17) is 6.42 Å². The Morgan fingerprint density at radius 2 is 2.21 bits per heavy atom. The van der Waals surface area contributed by atoms with Crippen LogP contribution in [0.2, 0.25) is 0 Å². The third kappa shape index (κ3) is 4.04. The number of terminal acetylenes is 1. The minimum Gasteiger partial charge on any atom is -0.353 e. The maximum absolute atomic E-state index is 12.3. The smallest absolute Gasteiger partial charge is 0.224 e. The van der Waals surface area contributed by atoms with Crippen LogP contribution in [0.3, 0.4) is 0 Å². The summed E-state index contributed by atoms with van der Waals surface area (Å²) in [4.78, 5) is 38.3. The Morgan fingerprint density at radius 1 is 1.41 bits per heavy atom. The van der Waals surface area contributed by atoms with E-state index in [1.54, 1.807) is 0 Å². The van der Waals surface area contributed by atoms with Crippen LogP contribution in [0.15, 0.2) is 23.8 Å². The van der Waals surface area contributed by atoms with Gasteiger partial charge in [0.15, 0.2) is 0 Å². The molecule has 152 valence electrons. The maximum atomic E-state index is 12.3. The van der Waals surface area contributed by atoms with Crippen LogP contribution in [-0.2, 0) is 20.9 Å². The van der Waals surface area contributed by atoms with E-state index in [0.29, 0.717) is 38.6 Å². The van der Waals surface area contributed by atoms with Crippen LogP contribution in [0.1, 0.15) is 57.1 Å². The van der Waals surface area contributed by atoms with Gasteiger partial charge in [0.1, 0.15) is 11.8 Å². The van der Waals surface area contributed by atoms with E-state index >= 15 is 0 Å². The van der Waals surface area contributed by atoms with Crippen molar-refractivity contribution in [2.75, 3.05) is 11.9 Å². The average Bonchev–Trinajstić information content (AvgIpc) is 3.10. The minimum atomic E-state index is -0.784. The number of rotatable bonds is 6. The zero-order chi connectivity index (χ0) is 21.0. The van der Waals surface area contributed by atoms with E-state index in [1.165, 1.54) is 0 Å². The van der Waals surface area contributed by atoms with Crippen LogP contribution in [0, 0.1) is 12.3 Å². The van der Waals surface area contributed by atoms with Crippen molar-refractivity contribution in [1.29, 1.82) is 0 Å². The average molecular weight is 393 g/mol. The lowest BCUT2D eigenvalue weighted by atomic mass is 9.88. The van der Waals surface area contributed by atoms with Gasteiger partial charge in [-0.25, -0.2) is 0 Å². The molecule has 0 spiro atoms. The van der Waals surface area contributed by atoms with Crippen molar-refractivity contribution in [2.24, 2.45) is 0 Å². The normalized spacial score (nSPS) is 20.5. The monoisotopic (exact) mass is 393 g/mol. The first-order valence-electron chi connectivity index (χ1n) is 9.95. The van der Waals surface area contributed by atoms with Gasteiger partial charge in [0.25, 0.3) is 0 Å². The highest BCUT2D eigenvalue weighted by molar-refractivity contribution is 5.93. The number of benzene rings is 1. The summed E-state index contributed by atoms with van der Waals surface area (Å²) in [6.07, 6.45) is 8.60. The van der Waals surface area contributed by atoms with Crippen LogP contribution < -0.4 is 10.6 Å². The van der Waals surface area contributed by atoms with Gasteiger partial charge in [-0.15, -0.1) is 12.3 Å². The molecule has 1 atom stereocenters. The molecule has 2 aliphatic heterocycles. The van der Waals surface area contributed by atoms with Crippen LogP contribution in [-0.4, -0.2) is 35.1 Å². The zero-order valence-corrected chi connectivity index (χ0v) is 17.0. The van der Waals surface area contributed by atoms with Gasteiger partial charge in [-0.05, 0) is 32.8 Å². The molecule has 2 N–H and O–H groups in total. The predicted molar refractivity (Wildman–Crippen MR) is 113 cm³/mol. The van der Waals surface area contributed by atoms with Crippen LogP contribution >= 0.6 is 0 Å². The Hall–Kier alpha value is -3.07. The third-order valence-corrected chi connectivity index (χ3v) is 5.62. The van der Waals surface area contributed by atoms with Gasteiger partial charge < -0.3 is 20.3 Å². The highest BCUT2D eigenvalue weighted by atomic mass is 16.2. The number of hydrogen-bond acceptors (Lipinski definition) is 4. The lowest BCUT2D eigenvalue weighted by Gasteiger charge is -2.42. The van der Waals surface area contributed by atoms with Gasteiger partial charge in [-0.2, -0.15) is 0 Å². The third-order valence-electron chi connectivity index (χ3n) is 5.62. The summed E-state index contributed by atoms with van der Waals surface area (Å²) in [5.74, 6) is 2.45. The molecule has 1 saturated heterocycles.